The van der Waals surface area contributed by atoms with E-state index < -0.39 is 5.97 Å². The van der Waals surface area contributed by atoms with Crippen molar-refractivity contribution in [1.82, 2.24) is 4.98 Å². The summed E-state index contributed by atoms with van der Waals surface area (Å²) in [5.74, 6) is 0.853. The normalized spacial score (nSPS) is 10.7. The number of benzene rings is 2. The fourth-order valence-corrected chi connectivity index (χ4v) is 3.08. The van der Waals surface area contributed by atoms with E-state index in [1.54, 1.807) is 0 Å². The first-order valence-electron chi connectivity index (χ1n) is 9.71. The molecule has 0 bridgehead atoms. The number of carbonyl (C=O) groups excluding carboxylic acids is 1. The van der Waals surface area contributed by atoms with Crippen molar-refractivity contribution in [2.45, 2.75) is 26.2 Å². The molecule has 3 rings (SSSR count). The number of fused-ring (bicyclic) bond motifs is 1. The Morgan fingerprint density at radius 3 is 2.55 bits per heavy atom. The standard InChI is InChI=1S/C23H25NO5/c1-3-4-8-16-13-18-20(24-15-19(22(18)25)23(26)27-2)14-21(16)29-12-11-28-17-9-6-5-7-10-17/h5-7,9-10,13-15H,3-4,8,11-12H2,1-2H3,(H,24,25). The minimum atomic E-state index is -0.651. The molecule has 0 unspecified atom stereocenters. The minimum absolute atomic E-state index is 0.00799. The molecule has 0 radical (unpaired) electrons. The Labute approximate surface area is 169 Å². The Balaban J connectivity index is 1.83. The molecule has 3 aromatic rings. The van der Waals surface area contributed by atoms with Crippen molar-refractivity contribution in [3.8, 4) is 11.5 Å². The quantitative estimate of drug-likeness (QED) is 0.436. The second kappa shape index (κ2) is 9.78. The number of rotatable bonds is 9. The molecular formula is C23H25NO5. The number of nitrogens with one attached hydrogen (secondary N) is 1. The van der Waals surface area contributed by atoms with E-state index in [1.807, 2.05) is 42.5 Å². The Morgan fingerprint density at radius 1 is 1.07 bits per heavy atom. The number of carbonyl (C=O) groups is 1. The molecule has 6 heteroatoms. The SMILES string of the molecule is CCCCc1cc2c(=O)c(C(=O)OC)c[nH]c2cc1OCCOc1ccccc1. The lowest BCUT2D eigenvalue weighted by atomic mass is 10.0. The Bertz CT molecular complexity index is 1030. The van der Waals surface area contributed by atoms with Crippen molar-refractivity contribution in [1.29, 1.82) is 0 Å². The molecule has 0 amide bonds. The van der Waals surface area contributed by atoms with Gasteiger partial charge in [0.25, 0.3) is 0 Å². The van der Waals surface area contributed by atoms with Crippen LogP contribution in [-0.2, 0) is 11.2 Å². The maximum Gasteiger partial charge on any atom is 0.343 e. The van der Waals surface area contributed by atoms with Crippen molar-refractivity contribution >= 4 is 16.9 Å². The summed E-state index contributed by atoms with van der Waals surface area (Å²) >= 11 is 0. The third-order valence-corrected chi connectivity index (χ3v) is 4.62. The van der Waals surface area contributed by atoms with Gasteiger partial charge in [0, 0.05) is 17.6 Å². The summed E-state index contributed by atoms with van der Waals surface area (Å²) < 4.78 is 16.3. The third-order valence-electron chi connectivity index (χ3n) is 4.62. The van der Waals surface area contributed by atoms with Crippen LogP contribution in [0.15, 0.2) is 53.5 Å². The van der Waals surface area contributed by atoms with Gasteiger partial charge in [-0.3, -0.25) is 4.79 Å². The number of aryl methyl sites for hydroxylation is 1. The van der Waals surface area contributed by atoms with Crippen LogP contribution in [0.5, 0.6) is 11.5 Å². The predicted molar refractivity (Wildman–Crippen MR) is 112 cm³/mol. The van der Waals surface area contributed by atoms with Crippen molar-refractivity contribution < 1.29 is 19.0 Å². The van der Waals surface area contributed by atoms with Gasteiger partial charge < -0.3 is 19.2 Å². The summed E-state index contributed by atoms with van der Waals surface area (Å²) in [4.78, 5) is 27.5. The van der Waals surface area contributed by atoms with Gasteiger partial charge in [0.05, 0.1) is 12.6 Å². The Kier molecular flexibility index (Phi) is 6.89. The maximum atomic E-state index is 12.7. The highest BCUT2D eigenvalue weighted by Gasteiger charge is 2.15. The van der Waals surface area contributed by atoms with Crippen LogP contribution in [0.1, 0.15) is 35.7 Å². The first kappa shape index (κ1) is 20.5. The molecule has 1 N–H and O–H groups in total. The molecule has 6 nitrogen and oxygen atoms in total. The van der Waals surface area contributed by atoms with Crippen LogP contribution in [0.3, 0.4) is 0 Å². The van der Waals surface area contributed by atoms with Gasteiger partial charge in [-0.2, -0.15) is 0 Å². The van der Waals surface area contributed by atoms with E-state index in [9.17, 15) is 9.59 Å². The maximum absolute atomic E-state index is 12.7. The lowest BCUT2D eigenvalue weighted by molar-refractivity contribution is 0.0599. The van der Waals surface area contributed by atoms with Gasteiger partial charge in [-0.05, 0) is 36.6 Å². The second-order valence-corrected chi connectivity index (χ2v) is 6.64. The number of unbranched alkanes of at least 4 members (excludes halogenated alkanes) is 1. The molecule has 0 saturated heterocycles. The summed E-state index contributed by atoms with van der Waals surface area (Å²) in [5.41, 5.74) is 1.20. The van der Waals surface area contributed by atoms with E-state index in [0.29, 0.717) is 29.9 Å². The lowest BCUT2D eigenvalue weighted by Gasteiger charge is -2.14. The van der Waals surface area contributed by atoms with Crippen LogP contribution >= 0.6 is 0 Å². The molecule has 0 aliphatic rings. The molecule has 1 heterocycles. The van der Waals surface area contributed by atoms with Crippen molar-refractivity contribution in [2.75, 3.05) is 20.3 Å². The molecule has 0 saturated carbocycles. The van der Waals surface area contributed by atoms with E-state index in [4.69, 9.17) is 9.47 Å². The van der Waals surface area contributed by atoms with Crippen LogP contribution < -0.4 is 14.9 Å². The van der Waals surface area contributed by atoms with Crippen LogP contribution in [0, 0.1) is 0 Å². The number of aromatic amines is 1. The summed E-state index contributed by atoms with van der Waals surface area (Å²) in [6, 6.07) is 13.2. The second-order valence-electron chi connectivity index (χ2n) is 6.64. The summed E-state index contributed by atoms with van der Waals surface area (Å²) in [6.45, 7) is 2.90. The summed E-state index contributed by atoms with van der Waals surface area (Å²) in [7, 11) is 1.26. The number of hydrogen-bond acceptors (Lipinski definition) is 5. The smallest absolute Gasteiger partial charge is 0.343 e. The van der Waals surface area contributed by atoms with Crippen LogP contribution in [0.4, 0.5) is 0 Å². The fraction of sp³-hybridized carbons (Fsp3) is 0.304. The number of ether oxygens (including phenoxy) is 3. The van der Waals surface area contributed by atoms with E-state index in [1.165, 1.54) is 13.3 Å². The number of pyridine rings is 1. The van der Waals surface area contributed by atoms with Crippen molar-refractivity contribution in [3.05, 3.63) is 70.0 Å². The molecule has 2 aromatic carbocycles. The molecule has 0 aliphatic heterocycles. The average molecular weight is 395 g/mol. The zero-order valence-corrected chi connectivity index (χ0v) is 16.7. The van der Waals surface area contributed by atoms with E-state index >= 15 is 0 Å². The molecule has 0 aliphatic carbocycles. The summed E-state index contributed by atoms with van der Waals surface area (Å²) in [5, 5.41) is 0.451. The molecule has 0 atom stereocenters. The number of methoxy groups -OCH3 is 1. The largest absolute Gasteiger partial charge is 0.490 e. The summed E-state index contributed by atoms with van der Waals surface area (Å²) in [6.07, 6.45) is 4.15. The fourth-order valence-electron chi connectivity index (χ4n) is 3.08. The molecule has 152 valence electrons. The topological polar surface area (TPSA) is 77.6 Å². The Morgan fingerprint density at radius 2 is 1.83 bits per heavy atom. The van der Waals surface area contributed by atoms with Gasteiger partial charge in [0.2, 0.25) is 5.43 Å². The van der Waals surface area contributed by atoms with E-state index in [0.717, 1.165) is 30.6 Å². The lowest BCUT2D eigenvalue weighted by Crippen LogP contribution is -2.17. The van der Waals surface area contributed by atoms with Gasteiger partial charge in [-0.25, -0.2) is 4.79 Å². The number of para-hydroxylation sites is 1. The van der Waals surface area contributed by atoms with Crippen LogP contribution in [0.2, 0.25) is 0 Å². The van der Waals surface area contributed by atoms with Crippen molar-refractivity contribution in [3.63, 3.8) is 0 Å². The van der Waals surface area contributed by atoms with Gasteiger partial charge in [-0.15, -0.1) is 0 Å². The molecule has 0 fully saturated rings. The zero-order valence-electron chi connectivity index (χ0n) is 16.7. The number of H-pyrrole nitrogens is 1. The molecule has 1 aromatic heterocycles. The van der Waals surface area contributed by atoms with Gasteiger partial charge in [0.1, 0.15) is 30.3 Å². The van der Waals surface area contributed by atoms with Gasteiger partial charge in [-0.1, -0.05) is 31.5 Å². The highest BCUT2D eigenvalue weighted by Crippen LogP contribution is 2.26. The van der Waals surface area contributed by atoms with E-state index in [-0.39, 0.29) is 11.0 Å². The average Bonchev–Trinajstić information content (AvgIpc) is 2.76. The van der Waals surface area contributed by atoms with E-state index in [2.05, 4.69) is 16.6 Å². The van der Waals surface area contributed by atoms with Crippen LogP contribution in [0.25, 0.3) is 10.9 Å². The number of hydrogen-bond donors (Lipinski definition) is 1. The molecule has 0 spiro atoms. The first-order chi connectivity index (χ1) is 14.1. The monoisotopic (exact) mass is 395 g/mol. The zero-order chi connectivity index (χ0) is 20.6. The highest BCUT2D eigenvalue weighted by molar-refractivity contribution is 5.93. The minimum Gasteiger partial charge on any atom is -0.490 e. The molecule has 29 heavy (non-hydrogen) atoms. The highest BCUT2D eigenvalue weighted by atomic mass is 16.5. The predicted octanol–water partition coefficient (Wildman–Crippen LogP) is 4.12. The van der Waals surface area contributed by atoms with Crippen molar-refractivity contribution in [2.24, 2.45) is 0 Å². The Hall–Kier alpha value is -3.28. The number of esters is 1. The molecular weight excluding hydrogens is 370 g/mol. The van der Waals surface area contributed by atoms with Gasteiger partial charge in [0.15, 0.2) is 0 Å². The first-order valence-corrected chi connectivity index (χ1v) is 9.71. The van der Waals surface area contributed by atoms with Crippen LogP contribution in [-0.4, -0.2) is 31.3 Å². The number of aromatic nitrogens is 1. The third kappa shape index (κ3) is 4.96. The van der Waals surface area contributed by atoms with Gasteiger partial charge >= 0.3 is 5.97 Å².